The standard InChI is InChI=1S/C25H33FN4O3/c1-3-32-21-13-17(14-22(24(21)26)33-4-2)16-30-11-9-20(10-12-30)29-25(31)18-5-8-23(27-15-18)28-19-6-7-19/h5,8,13-15,19-20H,3-4,6-7,9-12,16H2,1-2H3,(H,27,28)(H,29,31). The van der Waals surface area contributed by atoms with E-state index in [9.17, 15) is 9.18 Å². The van der Waals surface area contributed by atoms with Gasteiger partial charge in [0, 0.05) is 37.9 Å². The van der Waals surface area contributed by atoms with Gasteiger partial charge in [0.2, 0.25) is 5.82 Å². The lowest BCUT2D eigenvalue weighted by atomic mass is 10.0. The van der Waals surface area contributed by atoms with Crippen molar-refractivity contribution >= 4 is 11.7 Å². The molecule has 0 spiro atoms. The summed E-state index contributed by atoms with van der Waals surface area (Å²) in [5.41, 5.74) is 1.54. The van der Waals surface area contributed by atoms with Crippen molar-refractivity contribution in [2.24, 2.45) is 0 Å². The van der Waals surface area contributed by atoms with Gasteiger partial charge < -0.3 is 20.1 Å². The van der Waals surface area contributed by atoms with Gasteiger partial charge in [-0.2, -0.15) is 4.39 Å². The molecule has 1 saturated heterocycles. The van der Waals surface area contributed by atoms with Crippen molar-refractivity contribution in [3.63, 3.8) is 0 Å². The normalized spacial score (nSPS) is 16.9. The van der Waals surface area contributed by atoms with Crippen molar-refractivity contribution in [3.05, 3.63) is 47.4 Å². The number of aromatic nitrogens is 1. The largest absolute Gasteiger partial charge is 0.491 e. The van der Waals surface area contributed by atoms with E-state index in [1.165, 1.54) is 12.8 Å². The average molecular weight is 457 g/mol. The second-order valence-corrected chi connectivity index (χ2v) is 8.65. The van der Waals surface area contributed by atoms with Gasteiger partial charge in [-0.1, -0.05) is 0 Å². The number of hydrogen-bond acceptors (Lipinski definition) is 6. The predicted molar refractivity (Wildman–Crippen MR) is 125 cm³/mol. The number of carbonyl (C=O) groups is 1. The van der Waals surface area contributed by atoms with Gasteiger partial charge in [-0.3, -0.25) is 9.69 Å². The number of rotatable bonds is 10. The Morgan fingerprint density at radius 2 is 1.73 bits per heavy atom. The summed E-state index contributed by atoms with van der Waals surface area (Å²) in [4.78, 5) is 19.3. The molecule has 2 N–H and O–H groups in total. The van der Waals surface area contributed by atoms with Crippen molar-refractivity contribution in [1.29, 1.82) is 0 Å². The number of pyridine rings is 1. The van der Waals surface area contributed by atoms with Crippen LogP contribution in [0.3, 0.4) is 0 Å². The van der Waals surface area contributed by atoms with Crippen molar-refractivity contribution in [2.45, 2.75) is 58.2 Å². The Balaban J connectivity index is 1.28. The first-order valence-electron chi connectivity index (χ1n) is 11.9. The predicted octanol–water partition coefficient (Wildman–Crippen LogP) is 3.99. The smallest absolute Gasteiger partial charge is 0.253 e. The number of nitrogens with one attached hydrogen (secondary N) is 2. The van der Waals surface area contributed by atoms with Crippen molar-refractivity contribution < 1.29 is 18.7 Å². The van der Waals surface area contributed by atoms with Gasteiger partial charge in [0.05, 0.1) is 18.8 Å². The highest BCUT2D eigenvalue weighted by molar-refractivity contribution is 5.94. The van der Waals surface area contributed by atoms with Crippen LogP contribution in [-0.4, -0.2) is 54.2 Å². The Bertz CT molecular complexity index is 914. The van der Waals surface area contributed by atoms with Gasteiger partial charge >= 0.3 is 0 Å². The Kier molecular flexibility index (Phi) is 7.65. The molecule has 2 aromatic rings. The first kappa shape index (κ1) is 23.3. The third-order valence-electron chi connectivity index (χ3n) is 5.95. The molecule has 1 amide bonds. The fourth-order valence-corrected chi connectivity index (χ4v) is 4.05. The molecule has 0 radical (unpaired) electrons. The summed E-state index contributed by atoms with van der Waals surface area (Å²) in [6.45, 7) is 6.83. The molecule has 7 nitrogen and oxygen atoms in total. The third kappa shape index (κ3) is 6.35. The Labute approximate surface area is 194 Å². The highest BCUT2D eigenvalue weighted by Gasteiger charge is 2.23. The second-order valence-electron chi connectivity index (χ2n) is 8.65. The molecule has 1 aliphatic carbocycles. The van der Waals surface area contributed by atoms with Crippen LogP contribution in [0.15, 0.2) is 30.5 Å². The minimum absolute atomic E-state index is 0.0832. The van der Waals surface area contributed by atoms with Gasteiger partial charge in [-0.25, -0.2) is 4.98 Å². The van der Waals surface area contributed by atoms with E-state index >= 15 is 0 Å². The minimum atomic E-state index is -0.449. The molecule has 33 heavy (non-hydrogen) atoms. The quantitative estimate of drug-likeness (QED) is 0.563. The van der Waals surface area contributed by atoms with Crippen molar-refractivity contribution in [1.82, 2.24) is 15.2 Å². The van der Waals surface area contributed by atoms with Gasteiger partial charge in [-0.05, 0) is 69.4 Å². The summed E-state index contributed by atoms with van der Waals surface area (Å²) in [5, 5.41) is 6.46. The summed E-state index contributed by atoms with van der Waals surface area (Å²) in [5.74, 6) is 0.748. The first-order chi connectivity index (χ1) is 16.1. The molecule has 2 fully saturated rings. The van der Waals surface area contributed by atoms with Gasteiger partial charge in [0.15, 0.2) is 11.5 Å². The number of halogens is 1. The van der Waals surface area contributed by atoms with E-state index in [0.717, 1.165) is 37.3 Å². The number of anilines is 1. The summed E-state index contributed by atoms with van der Waals surface area (Å²) in [6, 6.07) is 7.86. The maximum Gasteiger partial charge on any atom is 0.253 e. The Morgan fingerprint density at radius 1 is 1.06 bits per heavy atom. The van der Waals surface area contributed by atoms with Crippen LogP contribution >= 0.6 is 0 Å². The number of ether oxygens (including phenoxy) is 2. The van der Waals surface area contributed by atoms with Crippen LogP contribution in [0.25, 0.3) is 0 Å². The fourth-order valence-electron chi connectivity index (χ4n) is 4.05. The molecular formula is C25H33FN4O3. The SMILES string of the molecule is CCOc1cc(CN2CCC(NC(=O)c3ccc(NC4CC4)nc3)CC2)cc(OCC)c1F. The highest BCUT2D eigenvalue weighted by atomic mass is 19.1. The van der Waals surface area contributed by atoms with Crippen LogP contribution in [0, 0.1) is 5.82 Å². The number of amides is 1. The third-order valence-corrected chi connectivity index (χ3v) is 5.95. The van der Waals surface area contributed by atoms with Crippen LogP contribution in [0.4, 0.5) is 10.2 Å². The zero-order chi connectivity index (χ0) is 23.2. The van der Waals surface area contributed by atoms with Crippen LogP contribution in [-0.2, 0) is 6.54 Å². The molecule has 0 unspecified atom stereocenters. The Morgan fingerprint density at radius 3 is 2.27 bits per heavy atom. The van der Waals surface area contributed by atoms with E-state index in [4.69, 9.17) is 9.47 Å². The molecule has 1 saturated carbocycles. The van der Waals surface area contributed by atoms with E-state index in [1.807, 2.05) is 26.0 Å². The molecule has 1 aliphatic heterocycles. The van der Waals surface area contributed by atoms with E-state index in [0.29, 0.717) is 31.4 Å². The molecule has 2 aliphatic rings. The number of piperidine rings is 1. The Hall–Kier alpha value is -2.87. The number of benzene rings is 1. The lowest BCUT2D eigenvalue weighted by Gasteiger charge is -2.32. The fraction of sp³-hybridized carbons (Fsp3) is 0.520. The van der Waals surface area contributed by atoms with E-state index in [2.05, 4.69) is 20.5 Å². The second kappa shape index (κ2) is 10.8. The van der Waals surface area contributed by atoms with Crippen LogP contribution in [0.5, 0.6) is 11.5 Å². The monoisotopic (exact) mass is 456 g/mol. The zero-order valence-electron chi connectivity index (χ0n) is 19.4. The number of likely N-dealkylation sites (tertiary alicyclic amines) is 1. The van der Waals surface area contributed by atoms with E-state index in [-0.39, 0.29) is 23.4 Å². The van der Waals surface area contributed by atoms with Crippen LogP contribution < -0.4 is 20.1 Å². The number of hydrogen-bond donors (Lipinski definition) is 2. The van der Waals surface area contributed by atoms with Crippen molar-refractivity contribution in [3.8, 4) is 11.5 Å². The number of carbonyl (C=O) groups excluding carboxylic acids is 1. The molecule has 4 rings (SSSR count). The summed E-state index contributed by atoms with van der Waals surface area (Å²) < 4.78 is 25.4. The lowest BCUT2D eigenvalue weighted by molar-refractivity contribution is 0.0908. The average Bonchev–Trinajstić information content (AvgIpc) is 3.63. The summed E-state index contributed by atoms with van der Waals surface area (Å²) in [7, 11) is 0. The lowest BCUT2D eigenvalue weighted by Crippen LogP contribution is -2.44. The van der Waals surface area contributed by atoms with Gasteiger partial charge in [0.25, 0.3) is 5.91 Å². The summed E-state index contributed by atoms with van der Waals surface area (Å²) >= 11 is 0. The molecule has 1 aromatic heterocycles. The molecule has 178 valence electrons. The molecule has 1 aromatic carbocycles. The molecule has 0 bridgehead atoms. The van der Waals surface area contributed by atoms with Crippen molar-refractivity contribution in [2.75, 3.05) is 31.6 Å². The number of nitrogens with zero attached hydrogens (tertiary/aromatic N) is 2. The highest BCUT2D eigenvalue weighted by Crippen LogP contribution is 2.30. The van der Waals surface area contributed by atoms with Gasteiger partial charge in [0.1, 0.15) is 5.82 Å². The maximum absolute atomic E-state index is 14.5. The van der Waals surface area contributed by atoms with Crippen LogP contribution in [0.1, 0.15) is 55.5 Å². The minimum Gasteiger partial charge on any atom is -0.491 e. The molecule has 0 atom stereocenters. The molecule has 2 heterocycles. The summed E-state index contributed by atoms with van der Waals surface area (Å²) in [6.07, 6.45) is 5.72. The maximum atomic E-state index is 14.5. The van der Waals surface area contributed by atoms with Gasteiger partial charge in [-0.15, -0.1) is 0 Å². The molecule has 8 heteroatoms. The topological polar surface area (TPSA) is 75.7 Å². The van der Waals surface area contributed by atoms with E-state index in [1.54, 1.807) is 18.3 Å². The zero-order valence-corrected chi connectivity index (χ0v) is 19.4. The molecular weight excluding hydrogens is 423 g/mol. The van der Waals surface area contributed by atoms with Crippen LogP contribution in [0.2, 0.25) is 0 Å². The van der Waals surface area contributed by atoms with E-state index < -0.39 is 5.82 Å². The first-order valence-corrected chi connectivity index (χ1v) is 11.9.